The lowest BCUT2D eigenvalue weighted by molar-refractivity contribution is 0.0461. The van der Waals surface area contributed by atoms with Crippen LogP contribution in [-0.2, 0) is 28.4 Å². The molecule has 1 aromatic heterocycles. The third kappa shape index (κ3) is 4.23. The predicted octanol–water partition coefficient (Wildman–Crippen LogP) is 3.07. The minimum absolute atomic E-state index is 0.0157. The maximum Gasteiger partial charge on any atom is 0.355 e. The smallest absolute Gasteiger partial charge is 0.355 e. The molecule has 8 heteroatoms. The van der Waals surface area contributed by atoms with Crippen molar-refractivity contribution < 1.29 is 17.9 Å². The van der Waals surface area contributed by atoms with E-state index >= 15 is 0 Å². The second kappa shape index (κ2) is 8.03. The Morgan fingerprint density at radius 3 is 2.48 bits per heavy atom. The number of carbonyl (C=O) groups excluding carboxylic acids is 1. The first kappa shape index (κ1) is 19.5. The molecule has 0 fully saturated rings. The van der Waals surface area contributed by atoms with Gasteiger partial charge in [-0.3, -0.25) is 0 Å². The van der Waals surface area contributed by atoms with E-state index in [4.69, 9.17) is 16.3 Å². The Balaban J connectivity index is 2.19. The van der Waals surface area contributed by atoms with Crippen LogP contribution >= 0.6 is 11.6 Å². The molecule has 1 heterocycles. The summed E-state index contributed by atoms with van der Waals surface area (Å²) in [6, 6.07) is 8.39. The lowest BCUT2D eigenvalue weighted by atomic mass is 10.2. The monoisotopic (exact) mass is 384 g/mol. The van der Waals surface area contributed by atoms with E-state index in [9.17, 15) is 13.2 Å². The van der Waals surface area contributed by atoms with Crippen molar-refractivity contribution >= 4 is 27.6 Å². The van der Waals surface area contributed by atoms with E-state index in [1.165, 1.54) is 21.1 Å². The lowest BCUT2D eigenvalue weighted by Crippen LogP contribution is -2.30. The second-order valence-electron chi connectivity index (χ2n) is 5.43. The fourth-order valence-electron chi connectivity index (χ4n) is 2.42. The van der Waals surface area contributed by atoms with Gasteiger partial charge in [0.1, 0.15) is 17.2 Å². The molecule has 136 valence electrons. The van der Waals surface area contributed by atoms with Crippen molar-refractivity contribution in [1.82, 2.24) is 8.87 Å². The van der Waals surface area contributed by atoms with Crippen LogP contribution in [-0.4, -0.2) is 36.3 Å². The zero-order valence-electron chi connectivity index (χ0n) is 14.4. The van der Waals surface area contributed by atoms with E-state index < -0.39 is 16.0 Å². The van der Waals surface area contributed by atoms with Crippen molar-refractivity contribution in [2.24, 2.45) is 7.05 Å². The van der Waals surface area contributed by atoms with Crippen LogP contribution in [0.4, 0.5) is 0 Å². The SMILES string of the molecule is CCN(CC)S(=O)(=O)c1cc(C(=O)OCc2ccccc2Cl)n(C)c1. The van der Waals surface area contributed by atoms with Gasteiger partial charge in [-0.2, -0.15) is 4.31 Å². The maximum absolute atomic E-state index is 12.5. The lowest BCUT2D eigenvalue weighted by Gasteiger charge is -2.17. The number of halogens is 1. The minimum atomic E-state index is -3.63. The molecule has 25 heavy (non-hydrogen) atoms. The number of esters is 1. The second-order valence-corrected chi connectivity index (χ2v) is 7.77. The number of rotatable bonds is 7. The van der Waals surface area contributed by atoms with Crippen LogP contribution in [0, 0.1) is 0 Å². The first-order valence-corrected chi connectivity index (χ1v) is 9.70. The standard InChI is InChI=1S/C17H21ClN2O4S/c1-4-20(5-2)25(22,23)14-10-16(19(3)11-14)17(21)24-12-13-8-6-7-9-15(13)18/h6-11H,4-5,12H2,1-3H3. The molecule has 0 unspecified atom stereocenters. The Morgan fingerprint density at radius 1 is 1.24 bits per heavy atom. The highest BCUT2D eigenvalue weighted by Crippen LogP contribution is 2.20. The number of sulfonamides is 1. The van der Waals surface area contributed by atoms with E-state index in [1.54, 1.807) is 45.2 Å². The summed E-state index contributed by atoms with van der Waals surface area (Å²) < 4.78 is 33.1. The number of carbonyl (C=O) groups is 1. The van der Waals surface area contributed by atoms with Crippen LogP contribution in [0.15, 0.2) is 41.4 Å². The average Bonchev–Trinajstić information content (AvgIpc) is 2.97. The summed E-state index contributed by atoms with van der Waals surface area (Å²) in [5, 5.41) is 0.506. The summed E-state index contributed by atoms with van der Waals surface area (Å²) in [5.41, 5.74) is 0.848. The molecule has 0 aliphatic rings. The molecule has 0 spiro atoms. The van der Waals surface area contributed by atoms with Crippen molar-refractivity contribution in [3.8, 4) is 0 Å². The summed E-state index contributed by atoms with van der Waals surface area (Å²) in [6.45, 7) is 4.27. The molecule has 0 aliphatic carbocycles. The quantitative estimate of drug-likeness (QED) is 0.688. The fourth-order valence-corrected chi connectivity index (χ4v) is 4.14. The number of nitrogens with zero attached hydrogens (tertiary/aromatic N) is 2. The molecule has 0 amide bonds. The van der Waals surface area contributed by atoms with Gasteiger partial charge in [-0.25, -0.2) is 13.2 Å². The molecule has 0 saturated carbocycles. The molecule has 0 aliphatic heterocycles. The van der Waals surface area contributed by atoms with Gasteiger partial charge < -0.3 is 9.30 Å². The highest BCUT2D eigenvalue weighted by Gasteiger charge is 2.25. The summed E-state index contributed by atoms with van der Waals surface area (Å²) in [6.07, 6.45) is 1.42. The zero-order valence-corrected chi connectivity index (χ0v) is 16.0. The van der Waals surface area contributed by atoms with Crippen LogP contribution < -0.4 is 0 Å². The number of ether oxygens (including phenoxy) is 1. The normalized spacial score (nSPS) is 11.7. The van der Waals surface area contributed by atoms with Crippen LogP contribution in [0.5, 0.6) is 0 Å². The van der Waals surface area contributed by atoms with E-state index in [2.05, 4.69) is 0 Å². The molecule has 2 rings (SSSR count). The number of aryl methyl sites for hydroxylation is 1. The van der Waals surface area contributed by atoms with Gasteiger partial charge in [-0.05, 0) is 12.1 Å². The van der Waals surface area contributed by atoms with Crippen molar-refractivity contribution in [1.29, 1.82) is 0 Å². The Morgan fingerprint density at radius 2 is 1.88 bits per heavy atom. The van der Waals surface area contributed by atoms with E-state index in [0.717, 1.165) is 0 Å². The molecule has 1 aromatic carbocycles. The largest absolute Gasteiger partial charge is 0.456 e. The molecule has 2 aromatic rings. The minimum Gasteiger partial charge on any atom is -0.456 e. The van der Waals surface area contributed by atoms with Crippen LogP contribution in [0.1, 0.15) is 29.9 Å². The Labute approximate surface area is 153 Å². The van der Waals surface area contributed by atoms with Gasteiger partial charge in [0.05, 0.1) is 0 Å². The molecule has 6 nitrogen and oxygen atoms in total. The molecule has 0 N–H and O–H groups in total. The summed E-state index contributed by atoms with van der Waals surface area (Å²) in [4.78, 5) is 12.4. The predicted molar refractivity (Wildman–Crippen MR) is 96.1 cm³/mol. The van der Waals surface area contributed by atoms with Gasteiger partial charge >= 0.3 is 5.97 Å². The summed E-state index contributed by atoms with van der Waals surface area (Å²) >= 11 is 6.03. The summed E-state index contributed by atoms with van der Waals surface area (Å²) in [5.74, 6) is -0.608. The van der Waals surface area contributed by atoms with Gasteiger partial charge in [0, 0.05) is 36.9 Å². The van der Waals surface area contributed by atoms with Gasteiger partial charge in [0.15, 0.2) is 0 Å². The summed E-state index contributed by atoms with van der Waals surface area (Å²) in [7, 11) is -2.02. The van der Waals surface area contributed by atoms with Gasteiger partial charge in [0.2, 0.25) is 10.0 Å². The number of hydrogen-bond acceptors (Lipinski definition) is 4. The van der Waals surface area contributed by atoms with Crippen molar-refractivity contribution in [3.05, 3.63) is 52.8 Å². The van der Waals surface area contributed by atoms with Crippen molar-refractivity contribution in [3.63, 3.8) is 0 Å². The highest BCUT2D eigenvalue weighted by molar-refractivity contribution is 7.89. The first-order chi connectivity index (χ1) is 11.8. The average molecular weight is 385 g/mol. The molecule has 0 saturated heterocycles. The third-order valence-corrected chi connectivity index (χ3v) is 6.23. The van der Waals surface area contributed by atoms with Crippen molar-refractivity contribution in [2.75, 3.05) is 13.1 Å². The van der Waals surface area contributed by atoms with Crippen LogP contribution in [0.2, 0.25) is 5.02 Å². The number of aromatic nitrogens is 1. The molecule has 0 bridgehead atoms. The molecular weight excluding hydrogens is 364 g/mol. The number of hydrogen-bond donors (Lipinski definition) is 0. The Hall–Kier alpha value is -1.83. The van der Waals surface area contributed by atoms with Gasteiger partial charge in [-0.15, -0.1) is 0 Å². The molecule has 0 atom stereocenters. The highest BCUT2D eigenvalue weighted by atomic mass is 35.5. The third-order valence-electron chi connectivity index (χ3n) is 3.85. The van der Waals surface area contributed by atoms with E-state index in [-0.39, 0.29) is 17.2 Å². The molecule has 0 radical (unpaired) electrons. The van der Waals surface area contributed by atoms with Gasteiger partial charge in [0.25, 0.3) is 0 Å². The van der Waals surface area contributed by atoms with Crippen LogP contribution in [0.25, 0.3) is 0 Å². The number of benzene rings is 1. The zero-order chi connectivity index (χ0) is 18.6. The van der Waals surface area contributed by atoms with Crippen molar-refractivity contribution in [2.45, 2.75) is 25.3 Å². The Kier molecular flexibility index (Phi) is 6.26. The van der Waals surface area contributed by atoms with E-state index in [1.807, 2.05) is 0 Å². The maximum atomic E-state index is 12.5. The van der Waals surface area contributed by atoms with E-state index in [0.29, 0.717) is 23.7 Å². The Bertz CT molecular complexity index is 857. The first-order valence-electron chi connectivity index (χ1n) is 7.88. The fraction of sp³-hybridized carbons (Fsp3) is 0.353. The topological polar surface area (TPSA) is 68.6 Å². The van der Waals surface area contributed by atoms with Crippen LogP contribution in [0.3, 0.4) is 0 Å². The molecular formula is C17H21ClN2O4S. The van der Waals surface area contributed by atoms with Gasteiger partial charge in [-0.1, -0.05) is 43.6 Å².